The normalized spacial score (nSPS) is 16.6. The highest BCUT2D eigenvalue weighted by Crippen LogP contribution is 2.32. The SMILES string of the molecule is CN1C[C@@H](COc2ccccc2C(=O)Cl)Oc2ccccc21. The van der Waals surface area contributed by atoms with Crippen molar-refractivity contribution in [2.75, 3.05) is 25.1 Å². The number of benzene rings is 2. The van der Waals surface area contributed by atoms with Crippen LogP contribution in [0.4, 0.5) is 5.69 Å². The van der Waals surface area contributed by atoms with Crippen molar-refractivity contribution in [2.45, 2.75) is 6.10 Å². The molecule has 4 nitrogen and oxygen atoms in total. The number of rotatable bonds is 4. The van der Waals surface area contributed by atoms with Crippen LogP contribution in [-0.4, -0.2) is 31.5 Å². The minimum Gasteiger partial charge on any atom is -0.489 e. The predicted octanol–water partition coefficient (Wildman–Crippen LogP) is 3.34. The van der Waals surface area contributed by atoms with Crippen LogP contribution >= 0.6 is 11.6 Å². The van der Waals surface area contributed by atoms with E-state index in [1.54, 1.807) is 18.2 Å². The lowest BCUT2D eigenvalue weighted by Crippen LogP contribution is -2.41. The quantitative estimate of drug-likeness (QED) is 0.811. The number of carbonyl (C=O) groups excluding carboxylic acids is 1. The molecular formula is C17H16ClNO3. The average Bonchev–Trinajstić information content (AvgIpc) is 2.53. The van der Waals surface area contributed by atoms with Crippen LogP contribution in [0.15, 0.2) is 48.5 Å². The van der Waals surface area contributed by atoms with Crippen molar-refractivity contribution >= 4 is 22.5 Å². The fourth-order valence-electron chi connectivity index (χ4n) is 2.52. The van der Waals surface area contributed by atoms with Crippen LogP contribution in [0.1, 0.15) is 10.4 Å². The molecule has 0 aromatic heterocycles. The van der Waals surface area contributed by atoms with E-state index in [2.05, 4.69) is 4.90 Å². The highest BCUT2D eigenvalue weighted by Gasteiger charge is 2.24. The molecule has 0 amide bonds. The minimum atomic E-state index is -0.525. The number of anilines is 1. The number of para-hydroxylation sites is 3. The Bertz CT molecular complexity index is 689. The van der Waals surface area contributed by atoms with E-state index < -0.39 is 5.24 Å². The Kier molecular flexibility index (Phi) is 4.20. The summed E-state index contributed by atoms with van der Waals surface area (Å²) in [7, 11) is 2.02. The van der Waals surface area contributed by atoms with E-state index in [0.717, 1.165) is 11.4 Å². The Labute approximate surface area is 134 Å². The first kappa shape index (κ1) is 14.7. The van der Waals surface area contributed by atoms with E-state index in [-0.39, 0.29) is 6.10 Å². The Balaban J connectivity index is 1.70. The summed E-state index contributed by atoms with van der Waals surface area (Å²) in [5.74, 6) is 1.32. The smallest absolute Gasteiger partial charge is 0.256 e. The highest BCUT2D eigenvalue weighted by atomic mass is 35.5. The lowest BCUT2D eigenvalue weighted by molar-refractivity contribution is 0.106. The number of halogens is 1. The maximum atomic E-state index is 11.4. The van der Waals surface area contributed by atoms with Crippen LogP contribution in [0.2, 0.25) is 0 Å². The molecule has 0 saturated carbocycles. The number of hydrogen-bond donors (Lipinski definition) is 0. The maximum Gasteiger partial charge on any atom is 0.256 e. The zero-order chi connectivity index (χ0) is 15.5. The summed E-state index contributed by atoms with van der Waals surface area (Å²) in [6.07, 6.45) is -0.113. The van der Waals surface area contributed by atoms with Crippen LogP contribution in [0.25, 0.3) is 0 Å². The topological polar surface area (TPSA) is 38.8 Å². The molecule has 2 aromatic carbocycles. The van der Waals surface area contributed by atoms with Gasteiger partial charge >= 0.3 is 0 Å². The van der Waals surface area contributed by atoms with Crippen molar-refractivity contribution in [3.63, 3.8) is 0 Å². The summed E-state index contributed by atoms with van der Waals surface area (Å²) < 4.78 is 11.7. The van der Waals surface area contributed by atoms with Crippen LogP contribution in [-0.2, 0) is 0 Å². The molecule has 0 spiro atoms. The summed E-state index contributed by atoms with van der Waals surface area (Å²) >= 11 is 5.56. The molecular weight excluding hydrogens is 302 g/mol. The predicted molar refractivity (Wildman–Crippen MR) is 86.2 cm³/mol. The maximum absolute atomic E-state index is 11.4. The Morgan fingerprint density at radius 1 is 1.27 bits per heavy atom. The van der Waals surface area contributed by atoms with Gasteiger partial charge in [-0.1, -0.05) is 24.3 Å². The molecule has 0 fully saturated rings. The van der Waals surface area contributed by atoms with E-state index in [1.807, 2.05) is 37.4 Å². The zero-order valence-corrected chi connectivity index (χ0v) is 12.9. The molecule has 5 heteroatoms. The van der Waals surface area contributed by atoms with Gasteiger partial charge in [-0.15, -0.1) is 0 Å². The van der Waals surface area contributed by atoms with Gasteiger partial charge in [-0.25, -0.2) is 0 Å². The van der Waals surface area contributed by atoms with Crippen molar-refractivity contribution in [2.24, 2.45) is 0 Å². The number of hydrogen-bond acceptors (Lipinski definition) is 4. The molecule has 0 aliphatic carbocycles. The third-order valence-corrected chi connectivity index (χ3v) is 3.77. The van der Waals surface area contributed by atoms with Crippen molar-refractivity contribution in [1.82, 2.24) is 0 Å². The van der Waals surface area contributed by atoms with E-state index in [4.69, 9.17) is 21.1 Å². The molecule has 0 bridgehead atoms. The second kappa shape index (κ2) is 6.28. The van der Waals surface area contributed by atoms with Gasteiger partial charge in [-0.05, 0) is 35.9 Å². The zero-order valence-electron chi connectivity index (χ0n) is 12.2. The molecule has 22 heavy (non-hydrogen) atoms. The van der Waals surface area contributed by atoms with Crippen molar-refractivity contribution in [3.05, 3.63) is 54.1 Å². The summed E-state index contributed by atoms with van der Waals surface area (Å²) in [4.78, 5) is 13.5. The summed E-state index contributed by atoms with van der Waals surface area (Å²) in [5, 5.41) is -0.525. The fourth-order valence-corrected chi connectivity index (χ4v) is 2.67. The molecule has 0 saturated heterocycles. The van der Waals surface area contributed by atoms with Gasteiger partial charge in [0, 0.05) is 7.05 Å². The van der Waals surface area contributed by atoms with Crippen molar-refractivity contribution < 1.29 is 14.3 Å². The third-order valence-electron chi connectivity index (χ3n) is 3.57. The van der Waals surface area contributed by atoms with Crippen LogP contribution in [0.5, 0.6) is 11.5 Å². The van der Waals surface area contributed by atoms with E-state index >= 15 is 0 Å². The molecule has 1 atom stereocenters. The van der Waals surface area contributed by atoms with Crippen LogP contribution in [0, 0.1) is 0 Å². The number of carbonyl (C=O) groups is 1. The molecule has 3 rings (SSSR count). The fraction of sp³-hybridized carbons (Fsp3) is 0.235. The molecule has 0 radical (unpaired) electrons. The molecule has 2 aromatic rings. The molecule has 0 N–H and O–H groups in total. The monoisotopic (exact) mass is 317 g/mol. The van der Waals surface area contributed by atoms with Crippen LogP contribution < -0.4 is 14.4 Å². The van der Waals surface area contributed by atoms with Gasteiger partial charge in [0.05, 0.1) is 17.8 Å². The van der Waals surface area contributed by atoms with Crippen molar-refractivity contribution in [1.29, 1.82) is 0 Å². The lowest BCUT2D eigenvalue weighted by Gasteiger charge is -2.33. The number of likely N-dealkylation sites (N-methyl/N-ethyl adjacent to an activating group) is 1. The van der Waals surface area contributed by atoms with Gasteiger partial charge in [0.25, 0.3) is 5.24 Å². The van der Waals surface area contributed by atoms with Crippen molar-refractivity contribution in [3.8, 4) is 11.5 Å². The van der Waals surface area contributed by atoms with Gasteiger partial charge in [-0.3, -0.25) is 4.79 Å². The van der Waals surface area contributed by atoms with Crippen LogP contribution in [0.3, 0.4) is 0 Å². The second-order valence-electron chi connectivity index (χ2n) is 5.17. The largest absolute Gasteiger partial charge is 0.489 e. The summed E-state index contributed by atoms with van der Waals surface area (Å²) in [6.45, 7) is 1.06. The average molecular weight is 318 g/mol. The molecule has 1 aliphatic heterocycles. The van der Waals surface area contributed by atoms with Gasteiger partial charge in [-0.2, -0.15) is 0 Å². The second-order valence-corrected chi connectivity index (χ2v) is 5.51. The number of fused-ring (bicyclic) bond motifs is 1. The Hall–Kier alpha value is -2.20. The molecule has 114 valence electrons. The van der Waals surface area contributed by atoms with E-state index in [0.29, 0.717) is 24.5 Å². The third kappa shape index (κ3) is 3.02. The van der Waals surface area contributed by atoms with Gasteiger partial charge in [0.2, 0.25) is 0 Å². The Morgan fingerprint density at radius 3 is 2.82 bits per heavy atom. The van der Waals surface area contributed by atoms with Gasteiger partial charge < -0.3 is 14.4 Å². The first-order chi connectivity index (χ1) is 10.6. The summed E-state index contributed by atoms with van der Waals surface area (Å²) in [6, 6.07) is 14.8. The number of ether oxygens (including phenoxy) is 2. The standard InChI is InChI=1S/C17H16ClNO3/c1-19-10-12(22-16-9-5-3-7-14(16)19)11-21-15-8-4-2-6-13(15)17(18)20/h2-9,12H,10-11H2,1H3/t12-/m0/s1. The van der Waals surface area contributed by atoms with Gasteiger partial charge in [0.15, 0.2) is 0 Å². The van der Waals surface area contributed by atoms with E-state index in [9.17, 15) is 4.79 Å². The molecule has 1 aliphatic rings. The highest BCUT2D eigenvalue weighted by molar-refractivity contribution is 6.68. The van der Waals surface area contributed by atoms with Gasteiger partial charge in [0.1, 0.15) is 24.2 Å². The first-order valence-corrected chi connectivity index (χ1v) is 7.41. The minimum absolute atomic E-state index is 0.113. The summed E-state index contributed by atoms with van der Waals surface area (Å²) in [5.41, 5.74) is 1.43. The van der Waals surface area contributed by atoms with E-state index in [1.165, 1.54) is 0 Å². The molecule has 1 heterocycles. The number of nitrogens with zero attached hydrogens (tertiary/aromatic N) is 1. The molecule has 0 unspecified atom stereocenters. The lowest BCUT2D eigenvalue weighted by atomic mass is 10.2. The first-order valence-electron chi connectivity index (χ1n) is 7.03. The Morgan fingerprint density at radius 2 is 2.00 bits per heavy atom.